The monoisotopic (exact) mass is 1210 g/mol. The molecule has 0 aliphatic carbocycles. The summed E-state index contributed by atoms with van der Waals surface area (Å²) in [6.45, 7) is 2.00. The van der Waals surface area contributed by atoms with Gasteiger partial charge in [0.1, 0.15) is 0 Å². The number of halogens is 3. The minimum atomic E-state index is -1.46. The van der Waals surface area contributed by atoms with E-state index in [4.69, 9.17) is 64.5 Å². The van der Waals surface area contributed by atoms with Gasteiger partial charge < -0.3 is 14.8 Å². The molecule has 0 atom stereocenters. The van der Waals surface area contributed by atoms with E-state index >= 15 is 0 Å². The Bertz CT molecular complexity index is 4680. The third-order valence-corrected chi connectivity index (χ3v) is 15.7. The van der Waals surface area contributed by atoms with Gasteiger partial charge >= 0.3 is 7.12 Å². The Morgan fingerprint density at radius 3 is 1.10 bits per heavy atom. The zero-order chi connectivity index (χ0) is 59.5. The molecule has 0 radical (unpaired) electrons. The van der Waals surface area contributed by atoms with Crippen LogP contribution in [0, 0.1) is 0 Å². The molecule has 0 bridgehead atoms. The highest BCUT2D eigenvalue weighted by Crippen LogP contribution is 2.36. The fraction of sp³-hybridized carbons (Fsp3) is 0.0667. The molecule has 3 heterocycles. The maximum Gasteiger partial charge on any atom is 0.489 e. The van der Waals surface area contributed by atoms with Gasteiger partial charge in [-0.15, -0.1) is 0 Å². The van der Waals surface area contributed by atoms with E-state index in [1.807, 2.05) is 127 Å². The van der Waals surface area contributed by atoms with Gasteiger partial charge in [0.2, 0.25) is 5.28 Å². The summed E-state index contributed by atoms with van der Waals surface area (Å²) in [6.07, 6.45) is 2.56. The van der Waals surface area contributed by atoms with Crippen molar-refractivity contribution < 1.29 is 14.8 Å². The molecular formula is C75H58BCl3N6O3. The molecule has 88 heavy (non-hydrogen) atoms. The quantitative estimate of drug-likeness (QED) is 0.143. The van der Waals surface area contributed by atoms with E-state index in [-0.39, 0.29) is 12.7 Å². The average Bonchev–Trinajstić information content (AvgIpc) is 2.41. The fourth-order valence-electron chi connectivity index (χ4n) is 10.6. The minimum Gasteiger partial charge on any atom is -0.423 e. The maximum absolute atomic E-state index is 9.13. The number of aromatic nitrogens is 6. The zero-order valence-electron chi connectivity index (χ0n) is 46.9. The molecular weight excluding hydrogens is 1150 g/mol. The molecule has 2 aromatic heterocycles. The standard InChI is InChI=1S/C35H22ClN3.C25H16ClN3.C10H8BClO2.C4H8O.CH4/c36-32-22-21-31(29-14-6-7-15-30(29)32)35-38-33(25-10-2-1-3-11-25)37-34(39-35)26-19-17-24(18-20-26)28-16-8-12-23-9-4-5-13-27(23)28;26-25-28-23(19-8-2-1-3-9-19)27-24(29-25)20-15-13-18(14-16-20)22-12-6-10-17-7-4-5-11-21(17)22;12-10-6-5-9(11(13)14)7-3-1-2-4-8(7)10;1-2-4-5-3-1;/h1-22H;1-16H;1-6,13-14H;1-4H2;1H4. The fourth-order valence-corrected chi connectivity index (χ4v) is 11.2. The summed E-state index contributed by atoms with van der Waals surface area (Å²) in [5.41, 5.74) is 9.77. The Morgan fingerprint density at radius 1 is 0.295 bits per heavy atom. The second kappa shape index (κ2) is 28.4. The van der Waals surface area contributed by atoms with Crippen molar-refractivity contribution in [2.45, 2.75) is 20.3 Å². The van der Waals surface area contributed by atoms with Gasteiger partial charge in [-0.25, -0.2) is 19.9 Å². The molecule has 14 aromatic rings. The summed E-state index contributed by atoms with van der Waals surface area (Å²) in [5.74, 6) is 3.01. The van der Waals surface area contributed by atoms with Crippen molar-refractivity contribution in [1.29, 1.82) is 0 Å². The molecule has 0 saturated carbocycles. The van der Waals surface area contributed by atoms with Crippen LogP contribution in [0.4, 0.5) is 0 Å². The van der Waals surface area contributed by atoms with Crippen LogP contribution in [0.15, 0.2) is 267 Å². The maximum atomic E-state index is 9.13. The van der Waals surface area contributed by atoms with E-state index in [0.717, 1.165) is 73.7 Å². The average molecular weight is 1210 g/mol. The molecule has 1 aliphatic heterocycles. The molecule has 1 fully saturated rings. The van der Waals surface area contributed by atoms with E-state index in [2.05, 4.69) is 142 Å². The van der Waals surface area contributed by atoms with Crippen LogP contribution >= 0.6 is 34.8 Å². The van der Waals surface area contributed by atoms with E-state index in [1.54, 1.807) is 12.1 Å². The lowest BCUT2D eigenvalue weighted by Crippen LogP contribution is -2.30. The predicted molar refractivity (Wildman–Crippen MR) is 366 cm³/mol. The molecule has 12 aromatic carbocycles. The van der Waals surface area contributed by atoms with Crippen molar-refractivity contribution >= 4 is 90.5 Å². The molecule has 2 N–H and O–H groups in total. The van der Waals surface area contributed by atoms with Crippen molar-refractivity contribution in [3.8, 4) is 79.2 Å². The Morgan fingerprint density at radius 2 is 0.648 bits per heavy atom. The van der Waals surface area contributed by atoms with Gasteiger partial charge in [0.25, 0.3) is 0 Å². The van der Waals surface area contributed by atoms with Crippen molar-refractivity contribution in [1.82, 2.24) is 29.9 Å². The molecule has 13 heteroatoms. The summed E-state index contributed by atoms with van der Waals surface area (Å²) >= 11 is 18.7. The molecule has 1 saturated heterocycles. The number of hydrogen-bond acceptors (Lipinski definition) is 9. The first-order valence-electron chi connectivity index (χ1n) is 28.5. The minimum absolute atomic E-state index is 0. The third kappa shape index (κ3) is 13.8. The highest BCUT2D eigenvalue weighted by atomic mass is 35.5. The lowest BCUT2D eigenvalue weighted by molar-refractivity contribution is 0.198. The van der Waals surface area contributed by atoms with Crippen molar-refractivity contribution in [2.75, 3.05) is 13.2 Å². The first kappa shape index (κ1) is 60.2. The number of fused-ring (bicyclic) bond motifs is 4. The molecule has 0 amide bonds. The van der Waals surface area contributed by atoms with Crippen molar-refractivity contribution in [3.05, 3.63) is 282 Å². The van der Waals surface area contributed by atoms with Crippen LogP contribution in [0.2, 0.25) is 15.3 Å². The summed E-state index contributed by atoms with van der Waals surface area (Å²) < 4.78 is 4.94. The van der Waals surface area contributed by atoms with Gasteiger partial charge in [-0.05, 0) is 108 Å². The number of benzene rings is 12. The van der Waals surface area contributed by atoms with Gasteiger partial charge in [0.15, 0.2) is 29.1 Å². The summed E-state index contributed by atoms with van der Waals surface area (Å²) in [4.78, 5) is 28.0. The van der Waals surface area contributed by atoms with Crippen LogP contribution in [0.3, 0.4) is 0 Å². The summed E-state index contributed by atoms with van der Waals surface area (Å²) in [5, 5.41) is 28.3. The van der Waals surface area contributed by atoms with E-state index in [0.29, 0.717) is 44.6 Å². The van der Waals surface area contributed by atoms with Crippen LogP contribution in [-0.4, -0.2) is 60.3 Å². The molecule has 9 nitrogen and oxygen atoms in total. The predicted octanol–water partition coefficient (Wildman–Crippen LogP) is 18.8. The first-order valence-corrected chi connectivity index (χ1v) is 29.6. The number of rotatable bonds is 8. The Balaban J connectivity index is 0.000000142. The van der Waals surface area contributed by atoms with Gasteiger partial charge in [-0.2, -0.15) is 9.97 Å². The highest BCUT2D eigenvalue weighted by molar-refractivity contribution is 6.62. The largest absolute Gasteiger partial charge is 0.489 e. The lowest BCUT2D eigenvalue weighted by Gasteiger charge is -2.11. The SMILES string of the molecule is C.C1CCOC1.Clc1ccc(-c2nc(-c3ccccc3)nc(-c3ccc(-c4cccc5ccccc45)cc3)n2)c2ccccc12.Clc1nc(-c2ccccc2)nc(-c2ccc(-c3cccc4ccccc34)cc2)n1.OB(O)c1ccc(Cl)c2ccccc12. The van der Waals surface area contributed by atoms with E-state index in [9.17, 15) is 0 Å². The van der Waals surface area contributed by atoms with Crippen LogP contribution in [0.5, 0.6) is 0 Å². The van der Waals surface area contributed by atoms with E-state index < -0.39 is 7.12 Å². The van der Waals surface area contributed by atoms with Gasteiger partial charge in [-0.3, -0.25) is 0 Å². The molecule has 430 valence electrons. The van der Waals surface area contributed by atoms with Crippen molar-refractivity contribution in [3.63, 3.8) is 0 Å². The van der Waals surface area contributed by atoms with Crippen LogP contribution in [-0.2, 0) is 4.74 Å². The molecule has 15 rings (SSSR count). The normalized spacial score (nSPS) is 11.6. The van der Waals surface area contributed by atoms with Gasteiger partial charge in [0, 0.05) is 56.5 Å². The molecule has 0 unspecified atom stereocenters. The lowest BCUT2D eigenvalue weighted by atomic mass is 9.77. The smallest absolute Gasteiger partial charge is 0.423 e. The number of ether oxygens (including phenoxy) is 1. The first-order chi connectivity index (χ1) is 42.7. The second-order valence-corrected chi connectivity index (χ2v) is 21.7. The topological polar surface area (TPSA) is 127 Å². The third-order valence-electron chi connectivity index (χ3n) is 14.9. The van der Waals surface area contributed by atoms with Crippen LogP contribution < -0.4 is 5.46 Å². The number of hydrogen-bond donors (Lipinski definition) is 2. The Hall–Kier alpha value is -9.49. The van der Waals surface area contributed by atoms with E-state index in [1.165, 1.54) is 45.5 Å². The Labute approximate surface area is 526 Å². The second-order valence-electron chi connectivity index (χ2n) is 20.5. The molecule has 1 aliphatic rings. The summed E-state index contributed by atoms with van der Waals surface area (Å²) in [6, 6.07) is 88.8. The highest BCUT2D eigenvalue weighted by Gasteiger charge is 2.18. The van der Waals surface area contributed by atoms with Crippen LogP contribution in [0.25, 0.3) is 122 Å². The Kier molecular flexibility index (Phi) is 19.4. The van der Waals surface area contributed by atoms with Crippen molar-refractivity contribution in [2.24, 2.45) is 0 Å². The molecule has 0 spiro atoms. The van der Waals surface area contributed by atoms with Gasteiger partial charge in [-0.1, -0.05) is 279 Å². The van der Waals surface area contributed by atoms with Crippen LogP contribution in [0.1, 0.15) is 20.3 Å². The zero-order valence-corrected chi connectivity index (χ0v) is 49.2. The number of nitrogens with zero attached hydrogens (tertiary/aromatic N) is 6. The van der Waals surface area contributed by atoms with Gasteiger partial charge in [0.05, 0.1) is 0 Å². The summed E-state index contributed by atoms with van der Waals surface area (Å²) in [7, 11) is -1.46.